The molecule has 0 amide bonds. The van der Waals surface area contributed by atoms with Gasteiger partial charge in [0.25, 0.3) is 0 Å². The quantitative estimate of drug-likeness (QED) is 0.718. The minimum Gasteiger partial charge on any atom is -0.254 e. The van der Waals surface area contributed by atoms with Crippen LogP contribution >= 0.6 is 0 Å². The highest BCUT2D eigenvalue weighted by Gasteiger charge is 2.12. The maximum absolute atomic E-state index is 13.2. The Kier molecular flexibility index (Phi) is 4.34. The molecule has 0 saturated heterocycles. The number of benzene rings is 2. The lowest BCUT2D eigenvalue weighted by Gasteiger charge is -2.10. The number of aromatic nitrogens is 1. The molecular formula is C19H13FN2O2S. The summed E-state index contributed by atoms with van der Waals surface area (Å²) in [6.45, 7) is 0. The molecule has 1 aromatic heterocycles. The number of sulfone groups is 1. The number of hydrogen-bond donors (Lipinski definition) is 0. The molecule has 4 nitrogen and oxygen atoms in total. The van der Waals surface area contributed by atoms with Gasteiger partial charge in [0.2, 0.25) is 0 Å². The first-order valence-electron chi connectivity index (χ1n) is 7.35. The third-order valence-electron chi connectivity index (χ3n) is 3.73. The van der Waals surface area contributed by atoms with Crippen LogP contribution in [-0.4, -0.2) is 19.7 Å². The van der Waals surface area contributed by atoms with Crippen molar-refractivity contribution in [3.8, 4) is 28.5 Å². The summed E-state index contributed by atoms with van der Waals surface area (Å²) in [4.78, 5) is 4.55. The summed E-state index contributed by atoms with van der Waals surface area (Å²) >= 11 is 0. The number of nitrogens with zero attached hydrogens (tertiary/aromatic N) is 2. The molecule has 0 unspecified atom stereocenters. The average Bonchev–Trinajstić information content (AvgIpc) is 2.61. The van der Waals surface area contributed by atoms with Gasteiger partial charge in [0.15, 0.2) is 9.84 Å². The van der Waals surface area contributed by atoms with Crippen LogP contribution in [0.4, 0.5) is 4.39 Å². The van der Waals surface area contributed by atoms with Crippen LogP contribution in [0.2, 0.25) is 0 Å². The molecule has 3 aromatic rings. The second-order valence-electron chi connectivity index (χ2n) is 5.54. The van der Waals surface area contributed by atoms with Crippen molar-refractivity contribution < 1.29 is 12.8 Å². The Balaban J connectivity index is 2.17. The second kappa shape index (κ2) is 6.46. The van der Waals surface area contributed by atoms with E-state index >= 15 is 0 Å². The number of hydrogen-bond acceptors (Lipinski definition) is 4. The van der Waals surface area contributed by atoms with E-state index in [1.807, 2.05) is 6.07 Å². The Bertz CT molecular complexity index is 1070. The summed E-state index contributed by atoms with van der Waals surface area (Å²) in [6.07, 6.45) is 2.59. The van der Waals surface area contributed by atoms with Gasteiger partial charge in [0.05, 0.1) is 16.2 Å². The van der Waals surface area contributed by atoms with Crippen LogP contribution in [0.15, 0.2) is 65.7 Å². The van der Waals surface area contributed by atoms with Crippen molar-refractivity contribution in [2.45, 2.75) is 4.90 Å². The van der Waals surface area contributed by atoms with Gasteiger partial charge in [0, 0.05) is 23.6 Å². The first-order valence-corrected chi connectivity index (χ1v) is 9.24. The summed E-state index contributed by atoms with van der Waals surface area (Å²) in [5.74, 6) is -0.351. The van der Waals surface area contributed by atoms with E-state index in [9.17, 15) is 12.8 Å². The zero-order chi connectivity index (χ0) is 18.0. The van der Waals surface area contributed by atoms with Crippen LogP contribution in [0.1, 0.15) is 5.56 Å². The maximum Gasteiger partial charge on any atom is 0.175 e. The molecule has 0 radical (unpaired) electrons. The molecule has 0 aliphatic carbocycles. The van der Waals surface area contributed by atoms with E-state index in [1.54, 1.807) is 30.3 Å². The van der Waals surface area contributed by atoms with E-state index in [-0.39, 0.29) is 10.7 Å². The van der Waals surface area contributed by atoms with Crippen molar-refractivity contribution in [3.05, 3.63) is 72.2 Å². The van der Waals surface area contributed by atoms with E-state index in [0.29, 0.717) is 22.4 Å². The van der Waals surface area contributed by atoms with E-state index in [2.05, 4.69) is 4.98 Å². The topological polar surface area (TPSA) is 70.8 Å². The lowest BCUT2D eigenvalue weighted by molar-refractivity contribution is 0.602. The van der Waals surface area contributed by atoms with Crippen LogP contribution in [-0.2, 0) is 9.84 Å². The first kappa shape index (κ1) is 16.8. The lowest BCUT2D eigenvalue weighted by Crippen LogP contribution is -1.97. The Hall–Kier alpha value is -3.04. The molecule has 2 aromatic carbocycles. The summed E-state index contributed by atoms with van der Waals surface area (Å²) < 4.78 is 36.4. The van der Waals surface area contributed by atoms with Gasteiger partial charge in [-0.3, -0.25) is 4.98 Å². The number of halogens is 1. The molecule has 124 valence electrons. The molecule has 0 atom stereocenters. The van der Waals surface area contributed by atoms with Crippen LogP contribution < -0.4 is 0 Å². The fourth-order valence-corrected chi connectivity index (χ4v) is 3.10. The molecular weight excluding hydrogens is 339 g/mol. The number of pyridine rings is 1. The van der Waals surface area contributed by atoms with Gasteiger partial charge in [-0.1, -0.05) is 12.1 Å². The maximum atomic E-state index is 13.2. The van der Waals surface area contributed by atoms with Gasteiger partial charge >= 0.3 is 0 Å². The fraction of sp³-hybridized carbons (Fsp3) is 0.0526. The van der Waals surface area contributed by atoms with Crippen molar-refractivity contribution in [3.63, 3.8) is 0 Å². The van der Waals surface area contributed by atoms with E-state index in [4.69, 9.17) is 5.26 Å². The van der Waals surface area contributed by atoms with Crippen molar-refractivity contribution >= 4 is 9.84 Å². The Morgan fingerprint density at radius 1 is 1.00 bits per heavy atom. The lowest BCUT2D eigenvalue weighted by atomic mass is 9.98. The van der Waals surface area contributed by atoms with Gasteiger partial charge in [-0.15, -0.1) is 0 Å². The molecule has 0 bridgehead atoms. The SMILES string of the molecule is CS(=O)(=O)c1ccc(-c2cc(C#N)cnc2-c2ccc(F)cc2)cc1. The highest BCUT2D eigenvalue weighted by atomic mass is 32.2. The first-order chi connectivity index (χ1) is 11.9. The second-order valence-corrected chi connectivity index (χ2v) is 7.55. The zero-order valence-electron chi connectivity index (χ0n) is 13.3. The zero-order valence-corrected chi connectivity index (χ0v) is 14.1. The van der Waals surface area contributed by atoms with Crippen LogP contribution in [0.3, 0.4) is 0 Å². The third kappa shape index (κ3) is 3.57. The average molecular weight is 352 g/mol. The third-order valence-corrected chi connectivity index (χ3v) is 4.86. The molecule has 0 N–H and O–H groups in total. The largest absolute Gasteiger partial charge is 0.254 e. The smallest absolute Gasteiger partial charge is 0.175 e. The van der Waals surface area contributed by atoms with Crippen molar-refractivity contribution in [1.82, 2.24) is 4.98 Å². The standard InChI is InChI=1S/C19H13FN2O2S/c1-25(23,24)17-8-4-14(5-9-17)18-10-13(11-21)12-22-19(18)15-2-6-16(20)7-3-15/h2-10,12H,1H3. The van der Waals surface area contributed by atoms with Crippen LogP contribution in [0, 0.1) is 17.1 Å². The van der Waals surface area contributed by atoms with E-state index in [1.165, 1.54) is 30.5 Å². The molecule has 3 rings (SSSR count). The predicted molar refractivity (Wildman–Crippen MR) is 92.9 cm³/mol. The molecule has 25 heavy (non-hydrogen) atoms. The van der Waals surface area contributed by atoms with Crippen molar-refractivity contribution in [2.24, 2.45) is 0 Å². The van der Waals surface area contributed by atoms with Crippen molar-refractivity contribution in [1.29, 1.82) is 5.26 Å². The van der Waals surface area contributed by atoms with Crippen LogP contribution in [0.5, 0.6) is 0 Å². The minimum atomic E-state index is -3.29. The number of rotatable bonds is 3. The Labute approximate surface area is 145 Å². The molecule has 0 saturated carbocycles. The molecule has 0 aliphatic heterocycles. The van der Waals surface area contributed by atoms with Crippen molar-refractivity contribution in [2.75, 3.05) is 6.26 Å². The van der Waals surface area contributed by atoms with Gasteiger partial charge in [-0.25, -0.2) is 12.8 Å². The highest BCUT2D eigenvalue weighted by Crippen LogP contribution is 2.31. The van der Waals surface area contributed by atoms with Crippen LogP contribution in [0.25, 0.3) is 22.4 Å². The van der Waals surface area contributed by atoms with E-state index in [0.717, 1.165) is 11.8 Å². The predicted octanol–water partition coefficient (Wildman–Crippen LogP) is 3.83. The normalized spacial score (nSPS) is 11.1. The summed E-state index contributed by atoms with van der Waals surface area (Å²) in [5, 5.41) is 9.14. The molecule has 1 heterocycles. The summed E-state index contributed by atoms with van der Waals surface area (Å²) in [7, 11) is -3.29. The van der Waals surface area contributed by atoms with Gasteiger partial charge in [-0.2, -0.15) is 5.26 Å². The number of nitriles is 1. The summed E-state index contributed by atoms with van der Waals surface area (Å²) in [5.41, 5.74) is 3.06. The molecule has 0 spiro atoms. The fourth-order valence-electron chi connectivity index (χ4n) is 2.47. The summed E-state index contributed by atoms with van der Waals surface area (Å²) in [6, 6.07) is 16.0. The monoisotopic (exact) mass is 352 g/mol. The Morgan fingerprint density at radius 3 is 2.16 bits per heavy atom. The minimum absolute atomic E-state index is 0.212. The van der Waals surface area contributed by atoms with Gasteiger partial charge < -0.3 is 0 Å². The Morgan fingerprint density at radius 2 is 1.60 bits per heavy atom. The highest BCUT2D eigenvalue weighted by molar-refractivity contribution is 7.90. The van der Waals surface area contributed by atoms with Gasteiger partial charge in [-0.05, 0) is 48.0 Å². The van der Waals surface area contributed by atoms with E-state index < -0.39 is 9.84 Å². The molecule has 0 aliphatic rings. The molecule has 6 heteroatoms. The molecule has 0 fully saturated rings. The van der Waals surface area contributed by atoms with Gasteiger partial charge in [0.1, 0.15) is 11.9 Å².